The maximum atomic E-state index is 13.3. The highest BCUT2D eigenvalue weighted by Crippen LogP contribution is 2.26. The zero-order valence-electron chi connectivity index (χ0n) is 19.6. The maximum absolute atomic E-state index is 13.3. The molecule has 3 aromatic rings. The molecule has 184 valence electrons. The summed E-state index contributed by atoms with van der Waals surface area (Å²) in [5, 5.41) is 11.4. The number of urea groups is 1. The van der Waals surface area contributed by atoms with E-state index in [0.29, 0.717) is 48.1 Å². The molecule has 1 saturated carbocycles. The van der Waals surface area contributed by atoms with Crippen molar-refractivity contribution < 1.29 is 14.0 Å². The van der Waals surface area contributed by atoms with Gasteiger partial charge in [-0.15, -0.1) is 0 Å². The van der Waals surface area contributed by atoms with Crippen LogP contribution < -0.4 is 10.6 Å². The van der Waals surface area contributed by atoms with E-state index in [1.165, 1.54) is 19.3 Å². The Balaban J connectivity index is 1.23. The first-order valence-corrected chi connectivity index (χ1v) is 12.7. The number of carbonyl (C=O) groups is 2. The van der Waals surface area contributed by atoms with E-state index >= 15 is 0 Å². The molecule has 5 rings (SSSR count). The van der Waals surface area contributed by atoms with Crippen molar-refractivity contribution >= 4 is 23.5 Å². The number of nitrogens with one attached hydrogen (secondary N) is 2. The smallest absolute Gasteiger partial charge is 0.315 e. The van der Waals surface area contributed by atoms with Gasteiger partial charge in [-0.25, -0.2) is 9.48 Å². The van der Waals surface area contributed by atoms with Crippen molar-refractivity contribution in [2.24, 2.45) is 0 Å². The van der Waals surface area contributed by atoms with Gasteiger partial charge >= 0.3 is 6.03 Å². The molecule has 35 heavy (non-hydrogen) atoms. The molecule has 3 heterocycles. The zero-order chi connectivity index (χ0) is 24.2. The Morgan fingerprint density at radius 1 is 0.943 bits per heavy atom. The summed E-state index contributed by atoms with van der Waals surface area (Å²) in [6, 6.07) is 12.9. The van der Waals surface area contributed by atoms with Crippen molar-refractivity contribution in [2.45, 2.75) is 57.0 Å². The number of benzene rings is 1. The standard InChI is InChI=1S/C26H30ClN5O3/c27-18-8-10-21(11-9-18)32-23(24-7-4-16-35-24)17-22(30-32)25(33)31-14-12-20(13-15-31)29-26(34)28-19-5-2-1-3-6-19/h4,7-11,16-17,19-20H,1-3,5-6,12-15H2,(H2,28,29,34). The number of hydrogen-bond donors (Lipinski definition) is 2. The fourth-order valence-electron chi connectivity index (χ4n) is 4.91. The molecule has 3 amide bonds. The number of halogens is 1. The highest BCUT2D eigenvalue weighted by atomic mass is 35.5. The molecule has 2 aliphatic rings. The molecule has 1 aliphatic heterocycles. The summed E-state index contributed by atoms with van der Waals surface area (Å²) in [5.41, 5.74) is 1.83. The van der Waals surface area contributed by atoms with Gasteiger partial charge in [0.1, 0.15) is 5.69 Å². The van der Waals surface area contributed by atoms with Gasteiger partial charge in [0.25, 0.3) is 5.91 Å². The van der Waals surface area contributed by atoms with E-state index in [4.69, 9.17) is 16.0 Å². The molecule has 0 radical (unpaired) electrons. The molecule has 0 atom stereocenters. The van der Waals surface area contributed by atoms with E-state index in [0.717, 1.165) is 18.5 Å². The van der Waals surface area contributed by atoms with Crippen LogP contribution in [-0.4, -0.2) is 51.8 Å². The molecular formula is C26H30ClN5O3. The first-order valence-electron chi connectivity index (χ1n) is 12.3. The van der Waals surface area contributed by atoms with Gasteiger partial charge in [0.15, 0.2) is 11.5 Å². The van der Waals surface area contributed by atoms with Gasteiger partial charge in [-0.3, -0.25) is 4.79 Å². The molecule has 2 aromatic heterocycles. The molecule has 1 aromatic carbocycles. The lowest BCUT2D eigenvalue weighted by molar-refractivity contribution is 0.0701. The molecule has 0 unspecified atom stereocenters. The molecule has 1 aliphatic carbocycles. The van der Waals surface area contributed by atoms with Gasteiger partial charge in [-0.2, -0.15) is 5.10 Å². The van der Waals surface area contributed by atoms with Crippen LogP contribution in [0, 0.1) is 0 Å². The molecule has 0 spiro atoms. The third kappa shape index (κ3) is 5.53. The average molecular weight is 496 g/mol. The predicted molar refractivity (Wildman–Crippen MR) is 134 cm³/mol. The summed E-state index contributed by atoms with van der Waals surface area (Å²) in [5.74, 6) is 0.494. The van der Waals surface area contributed by atoms with Crippen LogP contribution in [-0.2, 0) is 0 Å². The Kier molecular flexibility index (Phi) is 7.08. The summed E-state index contributed by atoms with van der Waals surface area (Å²) < 4.78 is 7.29. The number of rotatable bonds is 5. The lowest BCUT2D eigenvalue weighted by Gasteiger charge is -2.32. The predicted octanol–water partition coefficient (Wildman–Crippen LogP) is 5.02. The number of hydrogen-bond acceptors (Lipinski definition) is 4. The van der Waals surface area contributed by atoms with Crippen molar-refractivity contribution in [1.82, 2.24) is 25.3 Å². The third-order valence-corrected chi connectivity index (χ3v) is 7.08. The Bertz CT molecular complexity index is 1140. The van der Waals surface area contributed by atoms with Crippen molar-refractivity contribution in [3.8, 4) is 17.1 Å². The lowest BCUT2D eigenvalue weighted by atomic mass is 9.96. The monoisotopic (exact) mass is 495 g/mol. The van der Waals surface area contributed by atoms with Gasteiger partial charge in [-0.1, -0.05) is 30.9 Å². The summed E-state index contributed by atoms with van der Waals surface area (Å²) in [6.45, 7) is 1.13. The summed E-state index contributed by atoms with van der Waals surface area (Å²) in [6.07, 6.45) is 8.76. The first-order chi connectivity index (χ1) is 17.1. The number of amides is 3. The minimum Gasteiger partial charge on any atom is -0.463 e. The number of likely N-dealkylation sites (tertiary alicyclic amines) is 1. The summed E-state index contributed by atoms with van der Waals surface area (Å²) in [7, 11) is 0. The van der Waals surface area contributed by atoms with E-state index in [1.54, 1.807) is 40.1 Å². The third-order valence-electron chi connectivity index (χ3n) is 6.83. The minimum atomic E-state index is -0.129. The van der Waals surface area contributed by atoms with E-state index in [2.05, 4.69) is 15.7 Å². The fraction of sp³-hybridized carbons (Fsp3) is 0.423. The SMILES string of the molecule is O=C(NC1CCCCC1)NC1CCN(C(=O)c2cc(-c3ccco3)n(-c3ccc(Cl)cc3)n2)CC1. The second kappa shape index (κ2) is 10.6. The van der Waals surface area contributed by atoms with Gasteiger partial charge in [0.2, 0.25) is 0 Å². The van der Waals surface area contributed by atoms with E-state index in [-0.39, 0.29) is 24.0 Å². The number of aromatic nitrogens is 2. The van der Waals surface area contributed by atoms with Gasteiger partial charge in [-0.05, 0) is 62.1 Å². The van der Waals surface area contributed by atoms with Crippen LogP contribution in [0.2, 0.25) is 5.02 Å². The Hall–Kier alpha value is -3.26. The van der Waals surface area contributed by atoms with Gasteiger partial charge in [0.05, 0.1) is 12.0 Å². The summed E-state index contributed by atoms with van der Waals surface area (Å²) in [4.78, 5) is 27.5. The molecule has 1 saturated heterocycles. The van der Waals surface area contributed by atoms with Gasteiger partial charge < -0.3 is 20.0 Å². The number of carbonyl (C=O) groups excluding carboxylic acids is 2. The quantitative estimate of drug-likeness (QED) is 0.519. The molecule has 9 heteroatoms. The number of nitrogens with zero attached hydrogens (tertiary/aromatic N) is 3. The topological polar surface area (TPSA) is 92.4 Å². The van der Waals surface area contributed by atoms with Crippen molar-refractivity contribution in [1.29, 1.82) is 0 Å². The molecule has 0 bridgehead atoms. The van der Waals surface area contributed by atoms with Crippen LogP contribution in [0.25, 0.3) is 17.1 Å². The second-order valence-corrected chi connectivity index (χ2v) is 9.74. The highest BCUT2D eigenvalue weighted by Gasteiger charge is 2.28. The average Bonchev–Trinajstić information content (AvgIpc) is 3.56. The number of piperidine rings is 1. The highest BCUT2D eigenvalue weighted by molar-refractivity contribution is 6.30. The Labute approximate surface area is 209 Å². The van der Waals surface area contributed by atoms with Crippen molar-refractivity contribution in [3.05, 3.63) is 59.4 Å². The summed E-state index contributed by atoms with van der Waals surface area (Å²) >= 11 is 6.05. The van der Waals surface area contributed by atoms with Gasteiger partial charge in [0, 0.05) is 36.3 Å². The first kappa shape index (κ1) is 23.5. The van der Waals surface area contributed by atoms with E-state index in [9.17, 15) is 9.59 Å². The lowest BCUT2D eigenvalue weighted by Crippen LogP contribution is -2.51. The van der Waals surface area contributed by atoms with Crippen LogP contribution in [0.4, 0.5) is 4.79 Å². The molecule has 2 N–H and O–H groups in total. The molecular weight excluding hydrogens is 466 g/mol. The molecule has 2 fully saturated rings. The van der Waals surface area contributed by atoms with Crippen LogP contribution in [0.15, 0.2) is 53.1 Å². The second-order valence-electron chi connectivity index (χ2n) is 9.30. The van der Waals surface area contributed by atoms with Crippen LogP contribution in [0.5, 0.6) is 0 Å². The largest absolute Gasteiger partial charge is 0.463 e. The Morgan fingerprint density at radius 2 is 1.63 bits per heavy atom. The van der Waals surface area contributed by atoms with Crippen molar-refractivity contribution in [2.75, 3.05) is 13.1 Å². The van der Waals surface area contributed by atoms with Crippen LogP contribution in [0.1, 0.15) is 55.4 Å². The van der Waals surface area contributed by atoms with E-state index in [1.807, 2.05) is 18.2 Å². The van der Waals surface area contributed by atoms with Crippen LogP contribution >= 0.6 is 11.6 Å². The molecule has 8 nitrogen and oxygen atoms in total. The number of furan rings is 1. The van der Waals surface area contributed by atoms with Crippen LogP contribution in [0.3, 0.4) is 0 Å². The fourth-order valence-corrected chi connectivity index (χ4v) is 5.04. The van der Waals surface area contributed by atoms with Crippen molar-refractivity contribution in [3.63, 3.8) is 0 Å². The van der Waals surface area contributed by atoms with E-state index < -0.39 is 0 Å². The maximum Gasteiger partial charge on any atom is 0.315 e. The zero-order valence-corrected chi connectivity index (χ0v) is 20.3. The normalized spacial score (nSPS) is 17.3. The minimum absolute atomic E-state index is 0.0629. The Morgan fingerprint density at radius 3 is 2.29 bits per heavy atom.